The number of benzene rings is 2. The van der Waals surface area contributed by atoms with Crippen LogP contribution < -0.4 is 0 Å². The predicted molar refractivity (Wildman–Crippen MR) is 114 cm³/mol. The number of piperidine rings is 1. The van der Waals surface area contributed by atoms with Crippen LogP contribution in [0.2, 0.25) is 10.0 Å². The molecule has 2 nitrogen and oxygen atoms in total. The standard InChI is InChI=1S/C23H24Cl2N2/c24-21-9-4-10-22(23(21)25)27-13-5-8-20(27)17-26-14-11-19(12-15-26)16-18-6-2-1-3-7-18/h1-10,13,19H,11-12,14-17H2. The molecule has 2 aromatic carbocycles. The minimum absolute atomic E-state index is 0.593. The summed E-state index contributed by atoms with van der Waals surface area (Å²) in [6.07, 6.45) is 5.78. The van der Waals surface area contributed by atoms with Gasteiger partial charge in [0.05, 0.1) is 15.7 Å². The zero-order chi connectivity index (χ0) is 18.6. The Morgan fingerprint density at radius 3 is 2.41 bits per heavy atom. The lowest BCUT2D eigenvalue weighted by Crippen LogP contribution is -2.34. The molecule has 2 heterocycles. The van der Waals surface area contributed by atoms with Gasteiger partial charge in [-0.1, -0.05) is 59.6 Å². The van der Waals surface area contributed by atoms with Gasteiger partial charge >= 0.3 is 0 Å². The second-order valence-corrected chi connectivity index (χ2v) is 8.14. The summed E-state index contributed by atoms with van der Waals surface area (Å²) in [5, 5.41) is 1.20. The maximum absolute atomic E-state index is 6.43. The molecule has 1 aliphatic heterocycles. The molecule has 0 N–H and O–H groups in total. The Balaban J connectivity index is 1.39. The molecule has 4 rings (SSSR count). The Morgan fingerprint density at radius 2 is 1.63 bits per heavy atom. The highest BCUT2D eigenvalue weighted by molar-refractivity contribution is 6.43. The molecule has 0 radical (unpaired) electrons. The molecule has 1 aliphatic rings. The fourth-order valence-corrected chi connectivity index (χ4v) is 4.37. The van der Waals surface area contributed by atoms with Crippen LogP contribution in [0.1, 0.15) is 24.1 Å². The second kappa shape index (κ2) is 8.52. The predicted octanol–water partition coefficient (Wildman–Crippen LogP) is 6.24. The van der Waals surface area contributed by atoms with E-state index < -0.39 is 0 Å². The molecule has 1 saturated heterocycles. The van der Waals surface area contributed by atoms with E-state index in [1.807, 2.05) is 18.2 Å². The van der Waals surface area contributed by atoms with E-state index in [1.165, 1.54) is 30.5 Å². The molecule has 1 fully saturated rings. The maximum Gasteiger partial charge on any atom is 0.0832 e. The van der Waals surface area contributed by atoms with E-state index in [9.17, 15) is 0 Å². The lowest BCUT2D eigenvalue weighted by molar-refractivity contribution is 0.174. The second-order valence-electron chi connectivity index (χ2n) is 7.35. The number of aromatic nitrogens is 1. The summed E-state index contributed by atoms with van der Waals surface area (Å²) in [6.45, 7) is 3.23. The van der Waals surface area contributed by atoms with Crippen LogP contribution in [0.3, 0.4) is 0 Å². The average Bonchev–Trinajstić information content (AvgIpc) is 3.14. The molecule has 140 valence electrons. The molecule has 27 heavy (non-hydrogen) atoms. The third-order valence-corrected chi connectivity index (χ3v) is 6.29. The summed E-state index contributed by atoms with van der Waals surface area (Å²) >= 11 is 12.6. The zero-order valence-electron chi connectivity index (χ0n) is 15.3. The normalized spacial score (nSPS) is 15.9. The molecule has 0 amide bonds. The molecule has 0 unspecified atom stereocenters. The number of hydrogen-bond acceptors (Lipinski definition) is 1. The van der Waals surface area contributed by atoms with Gasteiger partial charge in [-0.2, -0.15) is 0 Å². The molecule has 4 heteroatoms. The van der Waals surface area contributed by atoms with Crippen molar-refractivity contribution in [3.8, 4) is 5.69 Å². The van der Waals surface area contributed by atoms with Crippen molar-refractivity contribution in [2.75, 3.05) is 13.1 Å². The topological polar surface area (TPSA) is 8.17 Å². The van der Waals surface area contributed by atoms with Crippen LogP contribution in [0.5, 0.6) is 0 Å². The Kier molecular flexibility index (Phi) is 5.87. The molecule has 3 aromatic rings. The van der Waals surface area contributed by atoms with Gasteiger partial charge < -0.3 is 4.57 Å². The first kappa shape index (κ1) is 18.6. The van der Waals surface area contributed by atoms with E-state index in [-0.39, 0.29) is 0 Å². The van der Waals surface area contributed by atoms with Crippen LogP contribution in [0.25, 0.3) is 5.69 Å². The van der Waals surface area contributed by atoms with E-state index in [0.717, 1.165) is 31.2 Å². The first-order valence-corrected chi connectivity index (χ1v) is 10.3. The quantitative estimate of drug-likeness (QED) is 0.493. The number of nitrogens with zero attached hydrogens (tertiary/aromatic N) is 2. The monoisotopic (exact) mass is 398 g/mol. The Hall–Kier alpha value is -1.74. The number of hydrogen-bond donors (Lipinski definition) is 0. The first-order valence-electron chi connectivity index (χ1n) is 9.57. The molecule has 0 bridgehead atoms. The number of rotatable bonds is 5. The molecular formula is C23H24Cl2N2. The van der Waals surface area contributed by atoms with Crippen LogP contribution in [-0.2, 0) is 13.0 Å². The van der Waals surface area contributed by atoms with Crippen molar-refractivity contribution in [2.45, 2.75) is 25.8 Å². The fraction of sp³-hybridized carbons (Fsp3) is 0.304. The largest absolute Gasteiger partial charge is 0.318 e. The van der Waals surface area contributed by atoms with Gasteiger partial charge in [-0.3, -0.25) is 4.90 Å². The van der Waals surface area contributed by atoms with Crippen LogP contribution >= 0.6 is 23.2 Å². The SMILES string of the molecule is Clc1cccc(-n2cccc2CN2CCC(Cc3ccccc3)CC2)c1Cl. The average molecular weight is 399 g/mol. The maximum atomic E-state index is 6.43. The highest BCUT2D eigenvalue weighted by atomic mass is 35.5. The van der Waals surface area contributed by atoms with Gasteiger partial charge in [0.25, 0.3) is 0 Å². The Bertz CT molecular complexity index is 880. The summed E-state index contributed by atoms with van der Waals surface area (Å²) in [4.78, 5) is 2.55. The van der Waals surface area contributed by atoms with Gasteiger partial charge in [0, 0.05) is 18.4 Å². The van der Waals surface area contributed by atoms with Crippen LogP contribution in [-0.4, -0.2) is 22.6 Å². The third kappa shape index (κ3) is 4.40. The van der Waals surface area contributed by atoms with Crippen molar-refractivity contribution in [2.24, 2.45) is 5.92 Å². The molecule has 0 aliphatic carbocycles. The molecule has 0 atom stereocenters. The van der Waals surface area contributed by atoms with Gasteiger partial charge in [-0.25, -0.2) is 0 Å². The van der Waals surface area contributed by atoms with Gasteiger partial charge in [0.2, 0.25) is 0 Å². The van der Waals surface area contributed by atoms with Crippen molar-refractivity contribution >= 4 is 23.2 Å². The smallest absolute Gasteiger partial charge is 0.0832 e. The van der Waals surface area contributed by atoms with Gasteiger partial charge in [-0.05, 0) is 68.1 Å². The van der Waals surface area contributed by atoms with Crippen LogP contribution in [0.15, 0.2) is 66.9 Å². The number of likely N-dealkylation sites (tertiary alicyclic amines) is 1. The highest BCUT2D eigenvalue weighted by Gasteiger charge is 2.20. The molecule has 0 saturated carbocycles. The van der Waals surface area contributed by atoms with E-state index >= 15 is 0 Å². The van der Waals surface area contributed by atoms with E-state index in [2.05, 4.69) is 58.1 Å². The van der Waals surface area contributed by atoms with Gasteiger partial charge in [-0.15, -0.1) is 0 Å². The van der Waals surface area contributed by atoms with Crippen molar-refractivity contribution < 1.29 is 0 Å². The lowest BCUT2D eigenvalue weighted by Gasteiger charge is -2.32. The van der Waals surface area contributed by atoms with Gasteiger partial charge in [0.1, 0.15) is 0 Å². The lowest BCUT2D eigenvalue weighted by atomic mass is 9.90. The van der Waals surface area contributed by atoms with Gasteiger partial charge in [0.15, 0.2) is 0 Å². The minimum Gasteiger partial charge on any atom is -0.318 e. The van der Waals surface area contributed by atoms with E-state index in [4.69, 9.17) is 23.2 Å². The fourth-order valence-electron chi connectivity index (χ4n) is 3.98. The van der Waals surface area contributed by atoms with E-state index in [0.29, 0.717) is 10.0 Å². The van der Waals surface area contributed by atoms with E-state index in [1.54, 1.807) is 0 Å². The van der Waals surface area contributed by atoms with Crippen molar-refractivity contribution in [3.63, 3.8) is 0 Å². The minimum atomic E-state index is 0.593. The summed E-state index contributed by atoms with van der Waals surface area (Å²) in [5.74, 6) is 0.790. The Labute approximate surface area is 171 Å². The summed E-state index contributed by atoms with van der Waals surface area (Å²) in [6, 6.07) is 20.9. The first-order chi connectivity index (χ1) is 13.2. The summed E-state index contributed by atoms with van der Waals surface area (Å²) < 4.78 is 2.16. The third-order valence-electron chi connectivity index (χ3n) is 5.48. The molecule has 0 spiro atoms. The van der Waals surface area contributed by atoms with Crippen LogP contribution in [0, 0.1) is 5.92 Å². The summed E-state index contributed by atoms with van der Waals surface area (Å²) in [5.41, 5.74) is 3.66. The highest BCUT2D eigenvalue weighted by Crippen LogP contribution is 2.30. The van der Waals surface area contributed by atoms with Crippen LogP contribution in [0.4, 0.5) is 0 Å². The van der Waals surface area contributed by atoms with Crippen molar-refractivity contribution in [3.05, 3.63) is 88.2 Å². The van der Waals surface area contributed by atoms with Crippen molar-refractivity contribution in [1.29, 1.82) is 0 Å². The molecular weight excluding hydrogens is 375 g/mol. The molecule has 1 aromatic heterocycles. The summed E-state index contributed by atoms with van der Waals surface area (Å²) in [7, 11) is 0. The Morgan fingerprint density at radius 1 is 0.852 bits per heavy atom. The number of halogens is 2. The van der Waals surface area contributed by atoms with Crippen molar-refractivity contribution in [1.82, 2.24) is 9.47 Å². The zero-order valence-corrected chi connectivity index (χ0v) is 16.8.